The van der Waals surface area contributed by atoms with E-state index in [2.05, 4.69) is 12.2 Å². The number of amides is 1. The van der Waals surface area contributed by atoms with E-state index in [0.29, 0.717) is 0 Å². The van der Waals surface area contributed by atoms with E-state index in [9.17, 15) is 4.79 Å². The van der Waals surface area contributed by atoms with Crippen LogP contribution in [0.4, 0.5) is 0 Å². The van der Waals surface area contributed by atoms with Crippen LogP contribution in [-0.4, -0.2) is 18.5 Å². The molecule has 0 aliphatic heterocycles. The Morgan fingerprint density at radius 3 is 1.94 bits per heavy atom. The molecule has 0 saturated carbocycles. The van der Waals surface area contributed by atoms with E-state index in [1.54, 1.807) is 0 Å². The van der Waals surface area contributed by atoms with Crippen LogP contribution in [0.2, 0.25) is 0 Å². The van der Waals surface area contributed by atoms with Gasteiger partial charge >= 0.3 is 0 Å². The summed E-state index contributed by atoms with van der Waals surface area (Å²) in [6, 6.07) is -0.172. The predicted octanol–water partition coefficient (Wildman–Crippen LogP) is 3.23. The van der Waals surface area contributed by atoms with Crippen molar-refractivity contribution in [2.24, 2.45) is 11.7 Å². The van der Waals surface area contributed by atoms with Crippen LogP contribution in [0, 0.1) is 5.92 Å². The topological polar surface area (TPSA) is 55.1 Å². The molecule has 0 radical (unpaired) electrons. The van der Waals surface area contributed by atoms with Crippen molar-refractivity contribution in [2.45, 2.75) is 78.2 Å². The Kier molecular flexibility index (Phi) is 11.2. The lowest BCUT2D eigenvalue weighted by Gasteiger charge is -2.18. The zero-order valence-electron chi connectivity index (χ0n) is 12.5. The molecule has 1 amide bonds. The van der Waals surface area contributed by atoms with Gasteiger partial charge in [-0.25, -0.2) is 0 Å². The van der Waals surface area contributed by atoms with Gasteiger partial charge in [0.25, 0.3) is 0 Å². The van der Waals surface area contributed by atoms with Crippen molar-refractivity contribution in [1.29, 1.82) is 0 Å². The minimum atomic E-state index is -0.232. The summed E-state index contributed by atoms with van der Waals surface area (Å²) in [5.41, 5.74) is 5.35. The van der Waals surface area contributed by atoms with Crippen LogP contribution in [0.25, 0.3) is 0 Å². The molecule has 1 atom stereocenters. The van der Waals surface area contributed by atoms with Crippen molar-refractivity contribution in [3.63, 3.8) is 0 Å². The van der Waals surface area contributed by atoms with Crippen LogP contribution in [0.1, 0.15) is 72.1 Å². The molecule has 0 aromatic carbocycles. The molecular weight excluding hydrogens is 224 g/mol. The summed E-state index contributed by atoms with van der Waals surface area (Å²) in [5, 5.41) is 3.26. The molecule has 0 unspecified atom stereocenters. The number of primary amides is 1. The van der Waals surface area contributed by atoms with Gasteiger partial charge in [-0.1, -0.05) is 65.7 Å². The monoisotopic (exact) mass is 256 g/mol. The van der Waals surface area contributed by atoms with Crippen LogP contribution in [0.5, 0.6) is 0 Å². The predicted molar refractivity (Wildman–Crippen MR) is 78.4 cm³/mol. The third-order valence-electron chi connectivity index (χ3n) is 3.37. The Bertz CT molecular complexity index is 205. The van der Waals surface area contributed by atoms with Gasteiger partial charge < -0.3 is 11.1 Å². The van der Waals surface area contributed by atoms with Gasteiger partial charge in [-0.2, -0.15) is 0 Å². The van der Waals surface area contributed by atoms with Gasteiger partial charge in [-0.05, 0) is 18.9 Å². The zero-order chi connectivity index (χ0) is 13.8. The molecule has 0 aliphatic carbocycles. The molecule has 3 N–H and O–H groups in total. The van der Waals surface area contributed by atoms with Crippen LogP contribution >= 0.6 is 0 Å². The highest BCUT2D eigenvalue weighted by atomic mass is 16.1. The van der Waals surface area contributed by atoms with Gasteiger partial charge in [0.05, 0.1) is 6.04 Å². The molecule has 0 aliphatic rings. The first kappa shape index (κ1) is 17.4. The van der Waals surface area contributed by atoms with Crippen molar-refractivity contribution in [3.05, 3.63) is 0 Å². The molecule has 3 nitrogen and oxygen atoms in total. The summed E-state index contributed by atoms with van der Waals surface area (Å²) in [6.45, 7) is 7.20. The molecule has 0 spiro atoms. The number of rotatable bonds is 12. The summed E-state index contributed by atoms with van der Waals surface area (Å²) in [6.07, 6.45) is 10.5. The molecule has 3 heteroatoms. The van der Waals surface area contributed by atoms with E-state index in [0.717, 1.165) is 13.0 Å². The fourth-order valence-electron chi connectivity index (χ4n) is 2.18. The van der Waals surface area contributed by atoms with Crippen LogP contribution in [0.15, 0.2) is 0 Å². The van der Waals surface area contributed by atoms with Crippen molar-refractivity contribution in [2.75, 3.05) is 6.54 Å². The normalized spacial score (nSPS) is 12.9. The first-order valence-electron chi connectivity index (χ1n) is 7.62. The van der Waals surface area contributed by atoms with E-state index < -0.39 is 0 Å². The summed E-state index contributed by atoms with van der Waals surface area (Å²) in [4.78, 5) is 11.2. The molecule has 0 heterocycles. The summed E-state index contributed by atoms with van der Waals surface area (Å²) in [7, 11) is 0. The first-order chi connectivity index (χ1) is 8.59. The van der Waals surface area contributed by atoms with Crippen LogP contribution in [0.3, 0.4) is 0 Å². The van der Waals surface area contributed by atoms with Gasteiger partial charge in [-0.3, -0.25) is 4.79 Å². The highest BCUT2D eigenvalue weighted by Crippen LogP contribution is 2.08. The highest BCUT2D eigenvalue weighted by Gasteiger charge is 2.17. The second kappa shape index (κ2) is 11.5. The third-order valence-corrected chi connectivity index (χ3v) is 3.37. The fraction of sp³-hybridized carbons (Fsp3) is 0.933. The van der Waals surface area contributed by atoms with E-state index >= 15 is 0 Å². The smallest absolute Gasteiger partial charge is 0.234 e. The average Bonchev–Trinajstić information content (AvgIpc) is 2.30. The number of hydrogen-bond donors (Lipinski definition) is 2. The first-order valence-corrected chi connectivity index (χ1v) is 7.62. The maximum atomic E-state index is 11.2. The Balaban J connectivity index is 3.36. The number of hydrogen-bond acceptors (Lipinski definition) is 2. The average molecular weight is 256 g/mol. The van der Waals surface area contributed by atoms with E-state index in [4.69, 9.17) is 5.73 Å². The lowest BCUT2D eigenvalue weighted by molar-refractivity contribution is -0.121. The molecule has 0 saturated heterocycles. The van der Waals surface area contributed by atoms with E-state index in [1.165, 1.54) is 44.9 Å². The lowest BCUT2D eigenvalue weighted by Crippen LogP contribution is -2.45. The molecule has 0 aromatic heterocycles. The van der Waals surface area contributed by atoms with Crippen molar-refractivity contribution in [3.8, 4) is 0 Å². The third kappa shape index (κ3) is 9.46. The standard InChI is InChI=1S/C15H32N2O/c1-4-5-6-7-8-9-10-11-12-17-14(13(2)3)15(16)18/h13-14,17H,4-12H2,1-3H3,(H2,16,18)/t14-/m0/s1. The maximum Gasteiger partial charge on any atom is 0.234 e. The zero-order valence-corrected chi connectivity index (χ0v) is 12.5. The lowest BCUT2D eigenvalue weighted by atomic mass is 10.0. The molecule has 0 bridgehead atoms. The van der Waals surface area contributed by atoms with E-state index in [1.807, 2.05) is 13.8 Å². The van der Waals surface area contributed by atoms with Crippen molar-refractivity contribution < 1.29 is 4.79 Å². The number of unbranched alkanes of at least 4 members (excludes halogenated alkanes) is 7. The van der Waals surface area contributed by atoms with Crippen LogP contribution in [-0.2, 0) is 4.79 Å². The molecule has 0 fully saturated rings. The van der Waals surface area contributed by atoms with Crippen molar-refractivity contribution >= 4 is 5.91 Å². The molecule has 18 heavy (non-hydrogen) atoms. The largest absolute Gasteiger partial charge is 0.368 e. The maximum absolute atomic E-state index is 11.2. The molecule has 108 valence electrons. The summed E-state index contributed by atoms with van der Waals surface area (Å²) >= 11 is 0. The quantitative estimate of drug-likeness (QED) is 0.527. The number of nitrogens with one attached hydrogen (secondary N) is 1. The second-order valence-corrected chi connectivity index (χ2v) is 5.55. The van der Waals surface area contributed by atoms with Gasteiger partial charge in [0.15, 0.2) is 0 Å². The van der Waals surface area contributed by atoms with Crippen LogP contribution < -0.4 is 11.1 Å². The van der Waals surface area contributed by atoms with Gasteiger partial charge in [0, 0.05) is 0 Å². The Labute approximate surface area is 113 Å². The Hall–Kier alpha value is -0.570. The molecule has 0 aromatic rings. The molecule has 0 rings (SSSR count). The van der Waals surface area contributed by atoms with E-state index in [-0.39, 0.29) is 17.9 Å². The highest BCUT2D eigenvalue weighted by molar-refractivity contribution is 5.80. The van der Waals surface area contributed by atoms with Gasteiger partial charge in [0.1, 0.15) is 0 Å². The summed E-state index contributed by atoms with van der Waals surface area (Å²) < 4.78 is 0. The number of carbonyl (C=O) groups is 1. The SMILES string of the molecule is CCCCCCCCCCN[C@H](C(N)=O)C(C)C. The van der Waals surface area contributed by atoms with Gasteiger partial charge in [0.2, 0.25) is 5.91 Å². The summed E-state index contributed by atoms with van der Waals surface area (Å²) in [5.74, 6) is 0.0427. The minimum absolute atomic E-state index is 0.172. The number of nitrogens with two attached hydrogens (primary N) is 1. The Morgan fingerprint density at radius 1 is 1.00 bits per heavy atom. The molecular formula is C15H32N2O. The second-order valence-electron chi connectivity index (χ2n) is 5.55. The van der Waals surface area contributed by atoms with Gasteiger partial charge in [-0.15, -0.1) is 0 Å². The minimum Gasteiger partial charge on any atom is -0.368 e. The number of carbonyl (C=O) groups excluding carboxylic acids is 1. The van der Waals surface area contributed by atoms with Crippen molar-refractivity contribution in [1.82, 2.24) is 5.32 Å². The fourth-order valence-corrected chi connectivity index (χ4v) is 2.18. The Morgan fingerprint density at radius 2 is 1.50 bits per heavy atom.